The third-order valence-corrected chi connectivity index (χ3v) is 3.82. The number of aromatic hydroxyl groups is 1. The first kappa shape index (κ1) is 22.2. The summed E-state index contributed by atoms with van der Waals surface area (Å²) in [6.07, 6.45) is 2.12. The highest BCUT2D eigenvalue weighted by molar-refractivity contribution is 14.1. The van der Waals surface area contributed by atoms with Gasteiger partial charge < -0.3 is 19.9 Å². The zero-order chi connectivity index (χ0) is 19.5. The van der Waals surface area contributed by atoms with Gasteiger partial charge in [-0.2, -0.15) is 5.10 Å². The van der Waals surface area contributed by atoms with E-state index in [9.17, 15) is 14.7 Å². The molecular weight excluding hydrogens is 453 g/mol. The molecule has 0 saturated heterocycles. The highest BCUT2D eigenvalue weighted by atomic mass is 127. The average Bonchev–Trinajstić information content (AvgIpc) is 2.58. The summed E-state index contributed by atoms with van der Waals surface area (Å²) in [6.45, 7) is 6.92. The number of ether oxygens (including phenoxy) is 2. The van der Waals surface area contributed by atoms with Crippen LogP contribution in [0.5, 0.6) is 11.5 Å². The number of hydrazone groups is 1. The fourth-order valence-corrected chi connectivity index (χ4v) is 2.45. The number of rotatable bonds is 9. The minimum atomic E-state index is -0.857. The Morgan fingerprint density at radius 2 is 2.08 bits per heavy atom. The molecule has 9 heteroatoms. The van der Waals surface area contributed by atoms with Crippen LogP contribution in [0.1, 0.15) is 32.8 Å². The van der Waals surface area contributed by atoms with Crippen LogP contribution in [0.2, 0.25) is 0 Å². The van der Waals surface area contributed by atoms with E-state index in [-0.39, 0.29) is 11.9 Å². The molecular formula is C17H24IN3O5. The van der Waals surface area contributed by atoms with Crippen LogP contribution in [0.3, 0.4) is 0 Å². The number of phenolic OH excluding ortho intramolecular Hbond substituents is 1. The van der Waals surface area contributed by atoms with Gasteiger partial charge in [0.1, 0.15) is 0 Å². The Morgan fingerprint density at radius 1 is 1.35 bits per heavy atom. The van der Waals surface area contributed by atoms with Gasteiger partial charge in [0.2, 0.25) is 0 Å². The second-order valence-corrected chi connectivity index (χ2v) is 6.67. The summed E-state index contributed by atoms with van der Waals surface area (Å²) in [5, 5.41) is 16.1. The lowest BCUT2D eigenvalue weighted by atomic mass is 10.2. The molecule has 0 saturated carbocycles. The summed E-state index contributed by atoms with van der Waals surface area (Å²) in [5.74, 6) is -1.24. The number of nitrogens with zero attached hydrogens (tertiary/aromatic N) is 1. The van der Waals surface area contributed by atoms with Gasteiger partial charge in [0.05, 0.1) is 22.5 Å². The van der Waals surface area contributed by atoms with Crippen LogP contribution < -0.4 is 15.5 Å². The van der Waals surface area contributed by atoms with E-state index in [1.807, 2.05) is 36.4 Å². The molecule has 0 aromatic heterocycles. The molecule has 0 atom stereocenters. The highest BCUT2D eigenvalue weighted by Crippen LogP contribution is 2.32. The third-order valence-electron chi connectivity index (χ3n) is 2.99. The summed E-state index contributed by atoms with van der Waals surface area (Å²) in [7, 11) is 0. The number of hydrogen-bond donors (Lipinski definition) is 3. The molecule has 0 fully saturated rings. The van der Waals surface area contributed by atoms with Crippen LogP contribution in [-0.2, 0) is 14.3 Å². The van der Waals surface area contributed by atoms with Crippen LogP contribution in [0.25, 0.3) is 0 Å². The molecule has 0 bridgehead atoms. The van der Waals surface area contributed by atoms with Crippen molar-refractivity contribution in [2.45, 2.75) is 33.3 Å². The minimum absolute atomic E-state index is 0.0504. The summed E-state index contributed by atoms with van der Waals surface area (Å²) < 4.78 is 11.2. The summed E-state index contributed by atoms with van der Waals surface area (Å²) in [4.78, 5) is 23.3. The van der Waals surface area contributed by atoms with Crippen molar-refractivity contribution in [2.75, 3.05) is 19.8 Å². The molecule has 0 radical (unpaired) electrons. The number of nitrogens with one attached hydrogen (secondary N) is 2. The van der Waals surface area contributed by atoms with E-state index in [2.05, 4.69) is 15.8 Å². The Kier molecular flexibility index (Phi) is 9.96. The quantitative estimate of drug-likeness (QED) is 0.165. The van der Waals surface area contributed by atoms with Crippen molar-refractivity contribution in [3.8, 4) is 11.5 Å². The van der Waals surface area contributed by atoms with Crippen LogP contribution in [0.4, 0.5) is 0 Å². The molecule has 1 aromatic rings. The predicted octanol–water partition coefficient (Wildman–Crippen LogP) is 1.78. The lowest BCUT2D eigenvalue weighted by Gasteiger charge is -2.08. The number of phenols is 1. The molecule has 0 aliphatic heterocycles. The van der Waals surface area contributed by atoms with Crippen molar-refractivity contribution in [1.29, 1.82) is 0 Å². The van der Waals surface area contributed by atoms with Gasteiger partial charge >= 0.3 is 11.8 Å². The first-order valence-electron chi connectivity index (χ1n) is 8.23. The second kappa shape index (κ2) is 11.7. The maximum Gasteiger partial charge on any atom is 0.329 e. The van der Waals surface area contributed by atoms with Crippen LogP contribution in [-0.4, -0.2) is 49.0 Å². The van der Waals surface area contributed by atoms with E-state index in [4.69, 9.17) is 9.47 Å². The molecule has 1 rings (SSSR count). The fraction of sp³-hybridized carbons (Fsp3) is 0.471. The van der Waals surface area contributed by atoms with Crippen molar-refractivity contribution in [1.82, 2.24) is 10.7 Å². The lowest BCUT2D eigenvalue weighted by molar-refractivity contribution is -0.139. The second-order valence-electron chi connectivity index (χ2n) is 5.51. The molecule has 144 valence electrons. The van der Waals surface area contributed by atoms with Crippen molar-refractivity contribution in [3.63, 3.8) is 0 Å². The Hall–Kier alpha value is -1.88. The molecule has 3 N–H and O–H groups in total. The van der Waals surface area contributed by atoms with Gasteiger partial charge in [-0.3, -0.25) is 9.59 Å². The molecule has 26 heavy (non-hydrogen) atoms. The van der Waals surface area contributed by atoms with E-state index in [0.717, 1.165) is 0 Å². The van der Waals surface area contributed by atoms with Crippen LogP contribution >= 0.6 is 22.6 Å². The largest absolute Gasteiger partial charge is 0.504 e. The van der Waals surface area contributed by atoms with E-state index >= 15 is 0 Å². The van der Waals surface area contributed by atoms with E-state index in [1.165, 1.54) is 6.21 Å². The Bertz CT molecular complexity index is 650. The number of carbonyl (C=O) groups excluding carboxylic acids is 2. The van der Waals surface area contributed by atoms with Crippen molar-refractivity contribution in [2.24, 2.45) is 5.10 Å². The van der Waals surface area contributed by atoms with E-state index < -0.39 is 11.8 Å². The van der Waals surface area contributed by atoms with Gasteiger partial charge in [-0.1, -0.05) is 0 Å². The third kappa shape index (κ3) is 8.00. The Labute approximate surface area is 166 Å². The Balaban J connectivity index is 2.47. The predicted molar refractivity (Wildman–Crippen MR) is 106 cm³/mol. The van der Waals surface area contributed by atoms with Crippen LogP contribution in [0, 0.1) is 3.57 Å². The molecule has 0 heterocycles. The van der Waals surface area contributed by atoms with E-state index in [0.29, 0.717) is 41.1 Å². The number of hydrogen-bond acceptors (Lipinski definition) is 6. The average molecular weight is 477 g/mol. The van der Waals surface area contributed by atoms with Crippen molar-refractivity contribution >= 4 is 40.6 Å². The standard InChI is InChI=1S/C17H24IN3O5/c1-4-25-14-9-12(8-13(18)15(14)22)10-20-21-17(24)16(23)19-6-5-7-26-11(2)3/h8-11,22H,4-7H2,1-3H3,(H,19,23)(H,21,24)/b20-10+. The normalized spacial score (nSPS) is 11.0. The molecule has 8 nitrogen and oxygen atoms in total. The molecule has 0 aliphatic rings. The number of halogens is 1. The fourth-order valence-electron chi connectivity index (χ4n) is 1.82. The molecule has 0 aliphatic carbocycles. The SMILES string of the molecule is CCOc1cc(/C=N/NC(=O)C(=O)NCCCOC(C)C)cc(I)c1O. The van der Waals surface area contributed by atoms with Gasteiger partial charge in [-0.05, 0) is 67.5 Å². The topological polar surface area (TPSA) is 109 Å². The number of amides is 2. The highest BCUT2D eigenvalue weighted by Gasteiger charge is 2.12. The van der Waals surface area contributed by atoms with Gasteiger partial charge in [0, 0.05) is 13.2 Å². The number of carbonyl (C=O) groups is 2. The van der Waals surface area contributed by atoms with Gasteiger partial charge in [0.25, 0.3) is 0 Å². The monoisotopic (exact) mass is 477 g/mol. The smallest absolute Gasteiger partial charge is 0.329 e. The van der Waals surface area contributed by atoms with Gasteiger partial charge in [0.15, 0.2) is 11.5 Å². The van der Waals surface area contributed by atoms with Crippen molar-refractivity contribution < 1.29 is 24.2 Å². The lowest BCUT2D eigenvalue weighted by Crippen LogP contribution is -2.38. The maximum absolute atomic E-state index is 11.7. The first-order chi connectivity index (χ1) is 12.3. The molecule has 0 spiro atoms. The van der Waals surface area contributed by atoms with E-state index in [1.54, 1.807) is 19.1 Å². The van der Waals surface area contributed by atoms with Crippen LogP contribution in [0.15, 0.2) is 17.2 Å². The molecule has 0 unspecified atom stereocenters. The zero-order valence-electron chi connectivity index (χ0n) is 15.0. The van der Waals surface area contributed by atoms with Crippen molar-refractivity contribution in [3.05, 3.63) is 21.3 Å². The van der Waals surface area contributed by atoms with Gasteiger partial charge in [-0.25, -0.2) is 5.43 Å². The van der Waals surface area contributed by atoms with Gasteiger partial charge in [-0.15, -0.1) is 0 Å². The Morgan fingerprint density at radius 3 is 2.73 bits per heavy atom. The minimum Gasteiger partial charge on any atom is -0.504 e. The molecule has 2 amide bonds. The maximum atomic E-state index is 11.7. The molecule has 1 aromatic carbocycles. The summed E-state index contributed by atoms with van der Waals surface area (Å²) in [6, 6.07) is 3.26. The zero-order valence-corrected chi connectivity index (χ0v) is 17.2. The first-order valence-corrected chi connectivity index (χ1v) is 9.31. The number of benzene rings is 1. The summed E-state index contributed by atoms with van der Waals surface area (Å²) in [5.41, 5.74) is 2.77. The summed E-state index contributed by atoms with van der Waals surface area (Å²) >= 11 is 1.96.